The molecular formula is C24H28FNO4. The van der Waals surface area contributed by atoms with Crippen molar-refractivity contribution in [3.05, 3.63) is 77.6 Å². The Morgan fingerprint density at radius 1 is 1.13 bits per heavy atom. The van der Waals surface area contributed by atoms with E-state index < -0.39 is 24.6 Å². The van der Waals surface area contributed by atoms with Crippen molar-refractivity contribution < 1.29 is 24.5 Å². The average Bonchev–Trinajstić information content (AvgIpc) is 3.00. The topological polar surface area (TPSA) is 81.0 Å². The van der Waals surface area contributed by atoms with E-state index in [1.807, 2.05) is 18.2 Å². The number of aliphatic hydroxyl groups is 2. The van der Waals surface area contributed by atoms with Gasteiger partial charge in [-0.3, -0.25) is 4.79 Å². The van der Waals surface area contributed by atoms with Gasteiger partial charge in [0.1, 0.15) is 5.82 Å². The van der Waals surface area contributed by atoms with E-state index in [1.165, 1.54) is 12.1 Å². The molecule has 0 fully saturated rings. The number of aliphatic carboxylic acids is 1. The van der Waals surface area contributed by atoms with Crippen molar-refractivity contribution in [2.75, 3.05) is 4.90 Å². The normalized spacial score (nSPS) is 20.5. The number of para-hydroxylation sites is 1. The molecule has 0 saturated carbocycles. The van der Waals surface area contributed by atoms with Gasteiger partial charge in [-0.1, -0.05) is 42.5 Å². The Kier molecular flexibility index (Phi) is 6.90. The van der Waals surface area contributed by atoms with Crippen molar-refractivity contribution in [2.24, 2.45) is 0 Å². The van der Waals surface area contributed by atoms with Gasteiger partial charge in [-0.2, -0.15) is 0 Å². The molecule has 0 saturated heterocycles. The van der Waals surface area contributed by atoms with Crippen molar-refractivity contribution in [3.8, 4) is 0 Å². The molecule has 30 heavy (non-hydrogen) atoms. The first-order valence-electron chi connectivity index (χ1n) is 10.2. The molecule has 2 unspecified atom stereocenters. The molecule has 0 bridgehead atoms. The fourth-order valence-corrected chi connectivity index (χ4v) is 4.25. The van der Waals surface area contributed by atoms with Crippen molar-refractivity contribution in [1.82, 2.24) is 0 Å². The minimum atomic E-state index is -1.11. The molecule has 160 valence electrons. The van der Waals surface area contributed by atoms with Gasteiger partial charge in [0.05, 0.1) is 24.7 Å². The van der Waals surface area contributed by atoms with Crippen LogP contribution in [0.1, 0.15) is 43.7 Å². The number of halogens is 1. The van der Waals surface area contributed by atoms with Crippen LogP contribution in [0.5, 0.6) is 0 Å². The molecule has 6 heteroatoms. The number of carboxylic acids is 1. The van der Waals surface area contributed by atoms with Gasteiger partial charge in [0.25, 0.3) is 0 Å². The molecule has 5 nitrogen and oxygen atoms in total. The van der Waals surface area contributed by atoms with Crippen LogP contribution in [0.2, 0.25) is 0 Å². The molecule has 3 N–H and O–H groups in total. The molecule has 4 atom stereocenters. The fourth-order valence-electron chi connectivity index (χ4n) is 4.25. The van der Waals surface area contributed by atoms with E-state index in [-0.39, 0.29) is 30.2 Å². The second-order valence-electron chi connectivity index (χ2n) is 8.02. The zero-order valence-electron chi connectivity index (χ0n) is 17.1. The Labute approximate surface area is 176 Å². The quantitative estimate of drug-likeness (QED) is 0.575. The summed E-state index contributed by atoms with van der Waals surface area (Å²) in [6.45, 7) is 4.19. The molecule has 0 aromatic heterocycles. The lowest BCUT2D eigenvalue weighted by Gasteiger charge is -2.32. The third kappa shape index (κ3) is 4.89. The maximum atomic E-state index is 13.5. The Balaban J connectivity index is 1.92. The smallest absolute Gasteiger partial charge is 0.305 e. The van der Waals surface area contributed by atoms with E-state index in [2.05, 4.69) is 30.9 Å². The molecule has 0 aliphatic carbocycles. The van der Waals surface area contributed by atoms with Crippen molar-refractivity contribution >= 4 is 11.7 Å². The predicted octanol–water partition coefficient (Wildman–Crippen LogP) is 3.70. The van der Waals surface area contributed by atoms with Crippen LogP contribution in [0.4, 0.5) is 10.1 Å². The maximum Gasteiger partial charge on any atom is 0.305 e. The Bertz CT molecular complexity index is 896. The number of anilines is 1. The monoisotopic (exact) mass is 413 g/mol. The molecule has 0 spiro atoms. The molecule has 2 aromatic rings. The highest BCUT2D eigenvalue weighted by atomic mass is 19.1. The summed E-state index contributed by atoms with van der Waals surface area (Å²) in [5.74, 6) is -1.44. The molecule has 1 heterocycles. The first-order valence-corrected chi connectivity index (χ1v) is 10.2. The minimum absolute atomic E-state index is 0.0448. The molecule has 1 aliphatic heterocycles. The van der Waals surface area contributed by atoms with Crippen LogP contribution in [-0.2, 0) is 4.79 Å². The van der Waals surface area contributed by atoms with E-state index in [0.717, 1.165) is 16.8 Å². The number of nitrogens with zero attached hydrogens (tertiary/aromatic N) is 1. The van der Waals surface area contributed by atoms with Crippen LogP contribution in [0.15, 0.2) is 60.7 Å². The molecule has 1 aliphatic rings. The molecule has 2 aromatic carbocycles. The van der Waals surface area contributed by atoms with Crippen molar-refractivity contribution in [2.45, 2.75) is 56.9 Å². The summed E-state index contributed by atoms with van der Waals surface area (Å²) in [4.78, 5) is 13.0. The van der Waals surface area contributed by atoms with Gasteiger partial charge in [-0.15, -0.1) is 0 Å². The molecular weight excluding hydrogens is 385 g/mol. The van der Waals surface area contributed by atoms with Crippen LogP contribution < -0.4 is 4.90 Å². The van der Waals surface area contributed by atoms with Gasteiger partial charge in [0, 0.05) is 24.1 Å². The Hall–Kier alpha value is -2.70. The van der Waals surface area contributed by atoms with Gasteiger partial charge in [0.2, 0.25) is 0 Å². The number of carboxylic acid groups (broad SMARTS) is 1. The van der Waals surface area contributed by atoms with Gasteiger partial charge >= 0.3 is 5.97 Å². The van der Waals surface area contributed by atoms with Gasteiger partial charge in [-0.05, 0) is 43.2 Å². The average molecular weight is 413 g/mol. The summed E-state index contributed by atoms with van der Waals surface area (Å²) in [6.07, 6.45) is 0.990. The van der Waals surface area contributed by atoms with Crippen molar-refractivity contribution in [1.29, 1.82) is 0 Å². The standard InChI is InChI=1S/C24H28FNO4/c1-15(2)26-21-6-4-3-5-20(21)24(16-7-9-17(25)10-8-16)22(26)12-11-18(27)13-19(28)14-23(29)30/h3-12,15,18-19,22,24,27-28H,13-14H2,1-2H3,(H,29,30)/b12-11+/t18-,19-,22?,24?/m1/s1. The second kappa shape index (κ2) is 9.41. The van der Waals surface area contributed by atoms with Crippen LogP contribution in [0.3, 0.4) is 0 Å². The van der Waals surface area contributed by atoms with E-state index in [4.69, 9.17) is 5.11 Å². The number of hydrogen-bond acceptors (Lipinski definition) is 4. The lowest BCUT2D eigenvalue weighted by Crippen LogP contribution is -2.38. The first kappa shape index (κ1) is 22.0. The molecule has 0 amide bonds. The fraction of sp³-hybridized carbons (Fsp3) is 0.375. The predicted molar refractivity (Wildman–Crippen MR) is 114 cm³/mol. The highest BCUT2D eigenvalue weighted by molar-refractivity contribution is 5.67. The maximum absolute atomic E-state index is 13.5. The Morgan fingerprint density at radius 2 is 1.80 bits per heavy atom. The second-order valence-corrected chi connectivity index (χ2v) is 8.02. The van der Waals surface area contributed by atoms with Gasteiger partial charge in [-0.25, -0.2) is 4.39 Å². The minimum Gasteiger partial charge on any atom is -0.481 e. The molecule has 3 rings (SSSR count). The highest BCUT2D eigenvalue weighted by Crippen LogP contribution is 2.46. The number of rotatable bonds is 8. The summed E-state index contributed by atoms with van der Waals surface area (Å²) in [5.41, 5.74) is 3.20. The highest BCUT2D eigenvalue weighted by Gasteiger charge is 2.38. The van der Waals surface area contributed by atoms with Gasteiger partial charge in [0.15, 0.2) is 0 Å². The summed E-state index contributed by atoms with van der Waals surface area (Å²) in [7, 11) is 0. The lowest BCUT2D eigenvalue weighted by molar-refractivity contribution is -0.139. The number of carbonyl (C=O) groups is 1. The van der Waals surface area contributed by atoms with E-state index in [9.17, 15) is 19.4 Å². The van der Waals surface area contributed by atoms with Gasteiger partial charge < -0.3 is 20.2 Å². The van der Waals surface area contributed by atoms with Crippen molar-refractivity contribution in [3.63, 3.8) is 0 Å². The summed E-state index contributed by atoms with van der Waals surface area (Å²) in [5, 5.41) is 28.9. The SMILES string of the molecule is CC(C)N1c2ccccc2C(c2ccc(F)cc2)C1/C=C/[C@@H](O)C[C@@H](O)CC(=O)O. The number of hydrogen-bond donors (Lipinski definition) is 3. The zero-order valence-corrected chi connectivity index (χ0v) is 17.1. The van der Waals surface area contributed by atoms with Crippen LogP contribution in [0, 0.1) is 5.82 Å². The number of benzene rings is 2. The third-order valence-corrected chi connectivity index (χ3v) is 5.45. The number of aliphatic hydroxyl groups excluding tert-OH is 2. The van der Waals surface area contributed by atoms with Crippen LogP contribution in [-0.4, -0.2) is 45.6 Å². The van der Waals surface area contributed by atoms with E-state index in [0.29, 0.717) is 0 Å². The third-order valence-electron chi connectivity index (χ3n) is 5.45. The summed E-state index contributed by atoms with van der Waals surface area (Å²) in [6, 6.07) is 14.6. The largest absolute Gasteiger partial charge is 0.481 e. The van der Waals surface area contributed by atoms with E-state index in [1.54, 1.807) is 18.2 Å². The lowest BCUT2D eigenvalue weighted by atomic mass is 9.87. The number of fused-ring (bicyclic) bond motifs is 1. The zero-order chi connectivity index (χ0) is 21.8. The Morgan fingerprint density at radius 3 is 2.43 bits per heavy atom. The summed E-state index contributed by atoms with van der Waals surface area (Å²) >= 11 is 0. The summed E-state index contributed by atoms with van der Waals surface area (Å²) < 4.78 is 13.5. The van der Waals surface area contributed by atoms with Crippen LogP contribution >= 0.6 is 0 Å². The molecule has 0 radical (unpaired) electrons. The van der Waals surface area contributed by atoms with Crippen LogP contribution in [0.25, 0.3) is 0 Å². The van der Waals surface area contributed by atoms with E-state index >= 15 is 0 Å². The first-order chi connectivity index (χ1) is 14.3.